The minimum absolute atomic E-state index is 0.314. The maximum atomic E-state index is 13.2. The first-order chi connectivity index (χ1) is 9.65. The molecule has 0 atom stereocenters. The first kappa shape index (κ1) is 14.9. The van der Waals surface area contributed by atoms with Crippen LogP contribution in [0.1, 0.15) is 12.5 Å². The molecular formula is C15H12BrFN2S. The lowest BCUT2D eigenvalue weighted by molar-refractivity contribution is 0.621. The second-order valence-corrected chi connectivity index (χ2v) is 6.14. The molecule has 2 aromatic rings. The summed E-state index contributed by atoms with van der Waals surface area (Å²) in [5.74, 6) is 0.589. The number of rotatable bonds is 4. The molecule has 102 valence electrons. The molecule has 0 saturated heterocycles. The van der Waals surface area contributed by atoms with Crippen LogP contribution in [0.2, 0.25) is 0 Å². The van der Waals surface area contributed by atoms with Crippen LogP contribution in [0.3, 0.4) is 0 Å². The number of halogens is 2. The quantitative estimate of drug-likeness (QED) is 0.758. The van der Waals surface area contributed by atoms with Crippen LogP contribution in [0.4, 0.5) is 15.8 Å². The van der Waals surface area contributed by atoms with Gasteiger partial charge in [-0.1, -0.05) is 13.0 Å². The van der Waals surface area contributed by atoms with Crippen LogP contribution < -0.4 is 5.32 Å². The van der Waals surface area contributed by atoms with Crippen LogP contribution in [-0.4, -0.2) is 5.75 Å². The number of nitrogens with zero attached hydrogens (tertiary/aromatic N) is 1. The first-order valence-electron chi connectivity index (χ1n) is 6.03. The van der Waals surface area contributed by atoms with Gasteiger partial charge in [0, 0.05) is 10.6 Å². The number of hydrogen-bond acceptors (Lipinski definition) is 3. The largest absolute Gasteiger partial charge is 0.354 e. The van der Waals surface area contributed by atoms with Gasteiger partial charge in [0.2, 0.25) is 0 Å². The molecule has 0 radical (unpaired) electrons. The highest BCUT2D eigenvalue weighted by atomic mass is 79.9. The van der Waals surface area contributed by atoms with Crippen molar-refractivity contribution in [2.75, 3.05) is 11.1 Å². The molecule has 0 spiro atoms. The average molecular weight is 351 g/mol. The summed E-state index contributed by atoms with van der Waals surface area (Å²) >= 11 is 4.78. The molecule has 20 heavy (non-hydrogen) atoms. The first-order valence-corrected chi connectivity index (χ1v) is 7.81. The van der Waals surface area contributed by atoms with Gasteiger partial charge in [-0.25, -0.2) is 4.39 Å². The zero-order chi connectivity index (χ0) is 14.5. The third-order valence-electron chi connectivity index (χ3n) is 2.64. The van der Waals surface area contributed by atoms with Crippen molar-refractivity contribution in [2.24, 2.45) is 0 Å². The van der Waals surface area contributed by atoms with E-state index in [0.29, 0.717) is 10.0 Å². The lowest BCUT2D eigenvalue weighted by Gasteiger charge is -2.11. The molecular weight excluding hydrogens is 339 g/mol. The van der Waals surface area contributed by atoms with E-state index >= 15 is 0 Å². The number of nitriles is 1. The molecule has 0 heterocycles. The zero-order valence-electron chi connectivity index (χ0n) is 10.8. The number of thioether (sulfide) groups is 1. The fraction of sp³-hybridized carbons (Fsp3) is 0.133. The molecule has 2 nitrogen and oxygen atoms in total. The SMILES string of the molecule is CCSc1cccc(Nc2ccc(F)c(Br)c2)c1C#N. The van der Waals surface area contributed by atoms with Gasteiger partial charge in [-0.2, -0.15) is 5.26 Å². The summed E-state index contributed by atoms with van der Waals surface area (Å²) < 4.78 is 13.6. The van der Waals surface area contributed by atoms with Gasteiger partial charge in [-0.05, 0) is 52.0 Å². The Morgan fingerprint density at radius 1 is 1.35 bits per heavy atom. The molecule has 0 aromatic heterocycles. The van der Waals surface area contributed by atoms with E-state index in [4.69, 9.17) is 0 Å². The predicted molar refractivity (Wildman–Crippen MR) is 84.9 cm³/mol. The van der Waals surface area contributed by atoms with Crippen molar-refractivity contribution < 1.29 is 4.39 Å². The number of anilines is 2. The zero-order valence-corrected chi connectivity index (χ0v) is 13.2. The highest BCUT2D eigenvalue weighted by molar-refractivity contribution is 9.10. The predicted octanol–water partition coefficient (Wildman–Crippen LogP) is 5.32. The Morgan fingerprint density at radius 3 is 2.80 bits per heavy atom. The molecule has 0 fully saturated rings. The highest BCUT2D eigenvalue weighted by Crippen LogP contribution is 2.30. The van der Waals surface area contributed by atoms with Gasteiger partial charge in [-0.15, -0.1) is 11.8 Å². The Labute approximate surface area is 130 Å². The van der Waals surface area contributed by atoms with Crippen molar-refractivity contribution in [1.82, 2.24) is 0 Å². The van der Waals surface area contributed by atoms with Crippen molar-refractivity contribution in [2.45, 2.75) is 11.8 Å². The minimum atomic E-state index is -0.314. The van der Waals surface area contributed by atoms with Crippen molar-refractivity contribution in [1.29, 1.82) is 5.26 Å². The van der Waals surface area contributed by atoms with Crippen molar-refractivity contribution in [3.8, 4) is 6.07 Å². The molecule has 0 amide bonds. The molecule has 0 saturated carbocycles. The van der Waals surface area contributed by atoms with Crippen molar-refractivity contribution in [3.63, 3.8) is 0 Å². The topological polar surface area (TPSA) is 35.8 Å². The molecule has 0 bridgehead atoms. The van der Waals surface area contributed by atoms with Gasteiger partial charge in [0.05, 0.1) is 15.7 Å². The van der Waals surface area contributed by atoms with Gasteiger partial charge in [-0.3, -0.25) is 0 Å². The van der Waals surface area contributed by atoms with Crippen LogP contribution in [-0.2, 0) is 0 Å². The van der Waals surface area contributed by atoms with E-state index < -0.39 is 0 Å². The Morgan fingerprint density at radius 2 is 2.15 bits per heavy atom. The van der Waals surface area contributed by atoms with E-state index in [0.717, 1.165) is 22.0 Å². The summed E-state index contributed by atoms with van der Waals surface area (Å²) in [5.41, 5.74) is 2.07. The van der Waals surface area contributed by atoms with Crippen LogP contribution in [0, 0.1) is 17.1 Å². The molecule has 5 heteroatoms. The smallest absolute Gasteiger partial charge is 0.137 e. The van der Waals surface area contributed by atoms with E-state index in [1.807, 2.05) is 25.1 Å². The van der Waals surface area contributed by atoms with Gasteiger partial charge < -0.3 is 5.32 Å². The Hall–Kier alpha value is -1.51. The molecule has 0 aliphatic heterocycles. The summed E-state index contributed by atoms with van der Waals surface area (Å²) in [6.07, 6.45) is 0. The molecule has 0 aliphatic carbocycles. The standard InChI is InChI=1S/C15H12BrFN2S/c1-2-20-15-5-3-4-14(11(15)9-18)19-10-6-7-13(17)12(16)8-10/h3-8,19H,2H2,1H3. The summed E-state index contributed by atoms with van der Waals surface area (Å²) in [6.45, 7) is 2.04. The van der Waals surface area contributed by atoms with E-state index in [1.165, 1.54) is 6.07 Å². The second-order valence-electron chi connectivity index (χ2n) is 3.98. The van der Waals surface area contributed by atoms with Crippen LogP contribution in [0.25, 0.3) is 0 Å². The highest BCUT2D eigenvalue weighted by Gasteiger charge is 2.09. The Kier molecular flexibility index (Phi) is 5.05. The normalized spacial score (nSPS) is 10.1. The van der Waals surface area contributed by atoms with Crippen LogP contribution in [0.5, 0.6) is 0 Å². The van der Waals surface area contributed by atoms with Gasteiger partial charge in [0.25, 0.3) is 0 Å². The maximum Gasteiger partial charge on any atom is 0.137 e. The molecule has 0 aliphatic rings. The molecule has 0 unspecified atom stereocenters. The monoisotopic (exact) mass is 350 g/mol. The fourth-order valence-corrected chi connectivity index (χ4v) is 2.92. The van der Waals surface area contributed by atoms with E-state index in [1.54, 1.807) is 23.9 Å². The third-order valence-corrected chi connectivity index (χ3v) is 4.18. The van der Waals surface area contributed by atoms with E-state index in [2.05, 4.69) is 27.3 Å². The Balaban J connectivity index is 2.35. The fourth-order valence-electron chi connectivity index (χ4n) is 1.76. The molecule has 2 rings (SSSR count). The lowest BCUT2D eigenvalue weighted by atomic mass is 10.2. The average Bonchev–Trinajstić information content (AvgIpc) is 2.44. The Bertz CT molecular complexity index is 667. The van der Waals surface area contributed by atoms with Crippen molar-refractivity contribution in [3.05, 3.63) is 52.3 Å². The third kappa shape index (κ3) is 3.33. The summed E-state index contributed by atoms with van der Waals surface area (Å²) in [6, 6.07) is 12.6. The van der Waals surface area contributed by atoms with Gasteiger partial charge >= 0.3 is 0 Å². The lowest BCUT2D eigenvalue weighted by Crippen LogP contribution is -1.96. The van der Waals surface area contributed by atoms with E-state index in [-0.39, 0.29) is 5.82 Å². The maximum absolute atomic E-state index is 13.2. The number of benzene rings is 2. The van der Waals surface area contributed by atoms with Crippen molar-refractivity contribution >= 4 is 39.1 Å². The van der Waals surface area contributed by atoms with E-state index in [9.17, 15) is 9.65 Å². The second kappa shape index (κ2) is 6.78. The van der Waals surface area contributed by atoms with Gasteiger partial charge in [0.1, 0.15) is 11.9 Å². The number of nitrogens with one attached hydrogen (secondary N) is 1. The molecule has 2 aromatic carbocycles. The molecule has 1 N–H and O–H groups in total. The van der Waals surface area contributed by atoms with Crippen LogP contribution in [0.15, 0.2) is 45.8 Å². The van der Waals surface area contributed by atoms with Gasteiger partial charge in [0.15, 0.2) is 0 Å². The summed E-state index contributed by atoms with van der Waals surface area (Å²) in [5, 5.41) is 12.5. The van der Waals surface area contributed by atoms with Crippen LogP contribution >= 0.6 is 27.7 Å². The summed E-state index contributed by atoms with van der Waals surface area (Å²) in [7, 11) is 0. The number of hydrogen-bond donors (Lipinski definition) is 1. The summed E-state index contributed by atoms with van der Waals surface area (Å²) in [4.78, 5) is 0.946. The minimum Gasteiger partial charge on any atom is -0.354 e.